The number of aromatic nitrogens is 2. The second-order valence-electron chi connectivity index (χ2n) is 4.79. The van der Waals surface area contributed by atoms with Crippen LogP contribution in [0.1, 0.15) is 12.3 Å². The Morgan fingerprint density at radius 1 is 1.35 bits per heavy atom. The van der Waals surface area contributed by atoms with Gasteiger partial charge < -0.3 is 14.5 Å². The number of benzene rings is 1. The Kier molecular flexibility index (Phi) is 4.68. The molecule has 7 heteroatoms. The molecule has 0 spiro atoms. The molecule has 3 rings (SSSR count). The van der Waals surface area contributed by atoms with Gasteiger partial charge in [-0.05, 0) is 23.6 Å². The van der Waals surface area contributed by atoms with E-state index in [0.29, 0.717) is 29.6 Å². The van der Waals surface area contributed by atoms with Crippen molar-refractivity contribution in [3.63, 3.8) is 0 Å². The van der Waals surface area contributed by atoms with Crippen LogP contribution >= 0.6 is 11.3 Å². The Labute approximate surface area is 137 Å². The molecule has 0 aliphatic rings. The zero-order valence-electron chi connectivity index (χ0n) is 12.5. The Hall–Kier alpha value is -2.67. The molecule has 1 N–H and O–H groups in total. The molecule has 0 saturated carbocycles. The Bertz CT molecular complexity index is 783. The number of methoxy groups -OCH3 is 1. The molecular formula is C16H15N3O3S. The Morgan fingerprint density at radius 2 is 2.26 bits per heavy atom. The Balaban J connectivity index is 1.54. The fourth-order valence-corrected chi connectivity index (χ4v) is 2.63. The van der Waals surface area contributed by atoms with Gasteiger partial charge in [0.2, 0.25) is 17.7 Å². The summed E-state index contributed by atoms with van der Waals surface area (Å²) >= 11 is 1.56. The predicted molar refractivity (Wildman–Crippen MR) is 87.6 cm³/mol. The summed E-state index contributed by atoms with van der Waals surface area (Å²) in [6.45, 7) is 0. The summed E-state index contributed by atoms with van der Waals surface area (Å²) in [4.78, 5) is 12.0. The molecule has 23 heavy (non-hydrogen) atoms. The van der Waals surface area contributed by atoms with E-state index in [4.69, 9.17) is 9.15 Å². The van der Waals surface area contributed by atoms with Gasteiger partial charge in [0.25, 0.3) is 0 Å². The summed E-state index contributed by atoms with van der Waals surface area (Å²) in [5.41, 5.74) is 1.59. The largest absolute Gasteiger partial charge is 0.497 e. The van der Waals surface area contributed by atoms with Crippen molar-refractivity contribution >= 4 is 22.9 Å². The maximum atomic E-state index is 12.0. The third-order valence-corrected chi connectivity index (χ3v) is 3.84. The minimum absolute atomic E-state index is 0.117. The molecule has 0 fully saturated rings. The minimum Gasteiger partial charge on any atom is -0.497 e. The van der Waals surface area contributed by atoms with Crippen molar-refractivity contribution in [2.45, 2.75) is 12.8 Å². The number of rotatable bonds is 6. The van der Waals surface area contributed by atoms with Gasteiger partial charge in [-0.1, -0.05) is 6.07 Å². The van der Waals surface area contributed by atoms with Gasteiger partial charge in [-0.2, -0.15) is 11.3 Å². The fourth-order valence-electron chi connectivity index (χ4n) is 2.00. The number of carbonyl (C=O) groups excluding carboxylic acids is 1. The van der Waals surface area contributed by atoms with E-state index in [9.17, 15) is 4.79 Å². The first-order chi connectivity index (χ1) is 11.2. The van der Waals surface area contributed by atoms with Crippen molar-refractivity contribution < 1.29 is 13.9 Å². The van der Waals surface area contributed by atoms with Gasteiger partial charge in [0.1, 0.15) is 5.75 Å². The molecule has 2 aromatic heterocycles. The van der Waals surface area contributed by atoms with E-state index >= 15 is 0 Å². The standard InChI is InChI=1S/C16H15N3O3S/c1-21-13-4-2-3-12(9-13)17-14(20)5-6-15-18-19-16(22-15)11-7-8-23-10-11/h2-4,7-10H,5-6H2,1H3,(H,17,20). The molecule has 2 heterocycles. The number of anilines is 1. The highest BCUT2D eigenvalue weighted by molar-refractivity contribution is 7.08. The van der Waals surface area contributed by atoms with Crippen LogP contribution in [0.15, 0.2) is 45.5 Å². The van der Waals surface area contributed by atoms with Crippen molar-refractivity contribution in [1.29, 1.82) is 0 Å². The molecule has 0 unspecified atom stereocenters. The molecule has 0 saturated heterocycles. The molecule has 0 aliphatic heterocycles. The topological polar surface area (TPSA) is 77.2 Å². The van der Waals surface area contributed by atoms with E-state index in [1.165, 1.54) is 0 Å². The monoisotopic (exact) mass is 329 g/mol. The second kappa shape index (κ2) is 7.06. The van der Waals surface area contributed by atoms with Crippen LogP contribution in [-0.2, 0) is 11.2 Å². The van der Waals surface area contributed by atoms with Crippen LogP contribution in [-0.4, -0.2) is 23.2 Å². The quantitative estimate of drug-likeness (QED) is 0.750. The molecule has 1 amide bonds. The van der Waals surface area contributed by atoms with Gasteiger partial charge in [-0.15, -0.1) is 10.2 Å². The molecule has 3 aromatic rings. The maximum Gasteiger partial charge on any atom is 0.248 e. The van der Waals surface area contributed by atoms with Crippen molar-refractivity contribution in [3.8, 4) is 17.2 Å². The van der Waals surface area contributed by atoms with Crippen LogP contribution in [0.25, 0.3) is 11.5 Å². The SMILES string of the molecule is COc1cccc(NC(=O)CCc2nnc(-c3ccsc3)o2)c1. The number of carbonyl (C=O) groups is 1. The molecule has 0 bridgehead atoms. The van der Waals surface area contributed by atoms with Gasteiger partial charge in [0, 0.05) is 35.5 Å². The van der Waals surface area contributed by atoms with Gasteiger partial charge in [-0.3, -0.25) is 4.79 Å². The van der Waals surface area contributed by atoms with E-state index in [1.54, 1.807) is 24.5 Å². The minimum atomic E-state index is -0.117. The van der Waals surface area contributed by atoms with Gasteiger partial charge in [-0.25, -0.2) is 0 Å². The molecule has 118 valence electrons. The number of nitrogens with zero attached hydrogens (tertiary/aromatic N) is 2. The van der Waals surface area contributed by atoms with E-state index in [2.05, 4.69) is 15.5 Å². The Morgan fingerprint density at radius 3 is 3.04 bits per heavy atom. The van der Waals surface area contributed by atoms with Crippen LogP contribution in [0.4, 0.5) is 5.69 Å². The summed E-state index contributed by atoms with van der Waals surface area (Å²) in [5, 5.41) is 14.6. The lowest BCUT2D eigenvalue weighted by atomic mass is 10.2. The number of ether oxygens (including phenoxy) is 1. The molecule has 0 radical (unpaired) electrons. The highest BCUT2D eigenvalue weighted by Crippen LogP contribution is 2.21. The van der Waals surface area contributed by atoms with Gasteiger partial charge in [0.05, 0.1) is 7.11 Å². The second-order valence-corrected chi connectivity index (χ2v) is 5.57. The van der Waals surface area contributed by atoms with Crippen molar-refractivity contribution in [1.82, 2.24) is 10.2 Å². The molecular weight excluding hydrogens is 314 g/mol. The number of hydrogen-bond acceptors (Lipinski definition) is 6. The number of thiophene rings is 1. The smallest absolute Gasteiger partial charge is 0.248 e. The summed E-state index contributed by atoms with van der Waals surface area (Å²) < 4.78 is 10.7. The highest BCUT2D eigenvalue weighted by atomic mass is 32.1. The van der Waals surface area contributed by atoms with E-state index < -0.39 is 0 Å². The van der Waals surface area contributed by atoms with Crippen molar-refractivity contribution in [2.75, 3.05) is 12.4 Å². The lowest BCUT2D eigenvalue weighted by Gasteiger charge is -2.06. The summed E-state index contributed by atoms with van der Waals surface area (Å²) in [7, 11) is 1.58. The summed E-state index contributed by atoms with van der Waals surface area (Å²) in [5.74, 6) is 1.51. The molecule has 6 nitrogen and oxygen atoms in total. The first-order valence-corrected chi connectivity index (χ1v) is 7.98. The predicted octanol–water partition coefficient (Wildman–Crippen LogP) is 3.38. The average Bonchev–Trinajstić information content (AvgIpc) is 3.24. The highest BCUT2D eigenvalue weighted by Gasteiger charge is 2.11. The fraction of sp³-hybridized carbons (Fsp3) is 0.188. The van der Waals surface area contributed by atoms with Crippen LogP contribution in [0.2, 0.25) is 0 Å². The number of hydrogen-bond donors (Lipinski definition) is 1. The maximum absolute atomic E-state index is 12.0. The average molecular weight is 329 g/mol. The van der Waals surface area contributed by atoms with Crippen molar-refractivity contribution in [3.05, 3.63) is 47.0 Å². The third-order valence-electron chi connectivity index (χ3n) is 3.15. The van der Waals surface area contributed by atoms with E-state index in [0.717, 1.165) is 5.56 Å². The first kappa shape index (κ1) is 15.2. The van der Waals surface area contributed by atoms with Crippen molar-refractivity contribution in [2.24, 2.45) is 0 Å². The molecule has 0 atom stereocenters. The lowest BCUT2D eigenvalue weighted by Crippen LogP contribution is -2.12. The zero-order chi connectivity index (χ0) is 16.1. The zero-order valence-corrected chi connectivity index (χ0v) is 13.3. The number of nitrogens with one attached hydrogen (secondary N) is 1. The van der Waals surface area contributed by atoms with Crippen LogP contribution < -0.4 is 10.1 Å². The molecule has 0 aliphatic carbocycles. The normalized spacial score (nSPS) is 10.5. The lowest BCUT2D eigenvalue weighted by molar-refractivity contribution is -0.116. The number of amides is 1. The van der Waals surface area contributed by atoms with Gasteiger partial charge in [0.15, 0.2) is 0 Å². The van der Waals surface area contributed by atoms with Crippen LogP contribution in [0, 0.1) is 0 Å². The summed E-state index contributed by atoms with van der Waals surface area (Å²) in [6, 6.07) is 9.12. The number of aryl methyl sites for hydroxylation is 1. The molecule has 1 aromatic carbocycles. The first-order valence-electron chi connectivity index (χ1n) is 7.03. The third kappa shape index (κ3) is 3.95. The van der Waals surface area contributed by atoms with E-state index in [-0.39, 0.29) is 12.3 Å². The van der Waals surface area contributed by atoms with Crippen LogP contribution in [0.5, 0.6) is 5.75 Å². The summed E-state index contributed by atoms with van der Waals surface area (Å²) in [6.07, 6.45) is 0.662. The van der Waals surface area contributed by atoms with E-state index in [1.807, 2.05) is 35.0 Å². The van der Waals surface area contributed by atoms with Gasteiger partial charge >= 0.3 is 0 Å². The van der Waals surface area contributed by atoms with Crippen LogP contribution in [0.3, 0.4) is 0 Å².